The summed E-state index contributed by atoms with van der Waals surface area (Å²) >= 11 is 11.7. The predicted octanol–water partition coefficient (Wildman–Crippen LogP) is 4.66. The van der Waals surface area contributed by atoms with Crippen LogP contribution in [0, 0.1) is 10.1 Å². The fourth-order valence-corrected chi connectivity index (χ4v) is 2.09. The van der Waals surface area contributed by atoms with Crippen LogP contribution in [0.5, 0.6) is 11.5 Å². The van der Waals surface area contributed by atoms with Crippen molar-refractivity contribution in [2.45, 2.75) is 19.4 Å². The van der Waals surface area contributed by atoms with E-state index in [-0.39, 0.29) is 16.5 Å². The van der Waals surface area contributed by atoms with Crippen molar-refractivity contribution in [3.8, 4) is 11.5 Å². The van der Waals surface area contributed by atoms with Gasteiger partial charge >= 0.3 is 5.97 Å². The third kappa shape index (κ3) is 4.37. The van der Waals surface area contributed by atoms with Crippen molar-refractivity contribution in [1.29, 1.82) is 0 Å². The molecule has 0 amide bonds. The lowest BCUT2D eigenvalue weighted by molar-refractivity contribution is -0.384. The largest absolute Gasteiger partial charge is 0.476 e. The topological polar surface area (TPSA) is 78.7 Å². The van der Waals surface area contributed by atoms with Crippen molar-refractivity contribution >= 4 is 34.9 Å². The van der Waals surface area contributed by atoms with Crippen LogP contribution in [0.1, 0.15) is 13.8 Å². The van der Waals surface area contributed by atoms with Gasteiger partial charge in [0.25, 0.3) is 5.69 Å². The number of ether oxygens (including phenoxy) is 2. The van der Waals surface area contributed by atoms with Gasteiger partial charge in [-0.2, -0.15) is 0 Å². The van der Waals surface area contributed by atoms with Crippen molar-refractivity contribution in [3.05, 3.63) is 62.6 Å². The average molecular weight is 370 g/mol. The second-order valence-corrected chi connectivity index (χ2v) is 6.17. The number of hydrogen-bond acceptors (Lipinski definition) is 5. The zero-order valence-electron chi connectivity index (χ0n) is 12.8. The first-order valence-corrected chi connectivity index (χ1v) is 7.55. The van der Waals surface area contributed by atoms with E-state index in [1.54, 1.807) is 24.3 Å². The minimum absolute atomic E-state index is 0.0139. The maximum Gasteiger partial charge on any atom is 0.355 e. The zero-order valence-corrected chi connectivity index (χ0v) is 14.3. The second-order valence-electron chi connectivity index (χ2n) is 5.33. The summed E-state index contributed by atoms with van der Waals surface area (Å²) in [6.07, 6.45) is 0. The molecule has 0 spiro atoms. The molecule has 2 rings (SSSR count). The van der Waals surface area contributed by atoms with Crippen LogP contribution in [0.2, 0.25) is 10.0 Å². The quantitative estimate of drug-likeness (QED) is 0.331. The van der Waals surface area contributed by atoms with E-state index in [2.05, 4.69) is 0 Å². The Hall–Kier alpha value is -2.31. The number of esters is 1. The molecule has 24 heavy (non-hydrogen) atoms. The van der Waals surface area contributed by atoms with Gasteiger partial charge in [0.2, 0.25) is 5.60 Å². The number of carbonyl (C=O) groups excluding carboxylic acids is 1. The van der Waals surface area contributed by atoms with E-state index < -0.39 is 16.5 Å². The summed E-state index contributed by atoms with van der Waals surface area (Å²) in [5.41, 5.74) is -1.50. The van der Waals surface area contributed by atoms with Crippen LogP contribution in [0.3, 0.4) is 0 Å². The molecule has 0 heterocycles. The number of benzene rings is 2. The first kappa shape index (κ1) is 18.0. The Balaban J connectivity index is 2.12. The van der Waals surface area contributed by atoms with Gasteiger partial charge in [0, 0.05) is 17.2 Å². The van der Waals surface area contributed by atoms with E-state index >= 15 is 0 Å². The van der Waals surface area contributed by atoms with E-state index in [1.807, 2.05) is 0 Å². The Morgan fingerprint density at radius 1 is 1.12 bits per heavy atom. The molecule has 6 nitrogen and oxygen atoms in total. The first-order valence-electron chi connectivity index (χ1n) is 6.80. The first-order chi connectivity index (χ1) is 11.2. The molecule has 0 aliphatic heterocycles. The number of nitro benzene ring substituents is 1. The Labute approximate surface area is 148 Å². The number of carbonyl (C=O) groups is 1. The molecule has 126 valence electrons. The van der Waals surface area contributed by atoms with Crippen LogP contribution in [0.4, 0.5) is 5.69 Å². The van der Waals surface area contributed by atoms with Gasteiger partial charge in [-0.05, 0) is 44.2 Å². The molecule has 2 aromatic carbocycles. The molecule has 0 atom stereocenters. The fraction of sp³-hybridized carbons (Fsp3) is 0.188. The Bertz CT molecular complexity index is 775. The predicted molar refractivity (Wildman–Crippen MR) is 89.9 cm³/mol. The van der Waals surface area contributed by atoms with Crippen LogP contribution in [-0.4, -0.2) is 16.5 Å². The van der Waals surface area contributed by atoms with Crippen LogP contribution < -0.4 is 9.47 Å². The summed E-state index contributed by atoms with van der Waals surface area (Å²) in [4.78, 5) is 22.4. The maximum atomic E-state index is 12.3. The van der Waals surface area contributed by atoms with Gasteiger partial charge in [0.05, 0.1) is 9.95 Å². The number of non-ortho nitro benzene ring substituents is 1. The van der Waals surface area contributed by atoms with E-state index in [0.29, 0.717) is 10.8 Å². The molecule has 0 aromatic heterocycles. The summed E-state index contributed by atoms with van der Waals surface area (Å²) < 4.78 is 10.8. The third-order valence-corrected chi connectivity index (χ3v) is 3.55. The monoisotopic (exact) mass is 369 g/mol. The highest BCUT2D eigenvalue weighted by atomic mass is 35.5. The number of hydrogen-bond donors (Lipinski definition) is 0. The Morgan fingerprint density at radius 2 is 1.75 bits per heavy atom. The molecule has 0 bridgehead atoms. The fourth-order valence-electron chi connectivity index (χ4n) is 1.75. The normalized spacial score (nSPS) is 11.0. The van der Waals surface area contributed by atoms with E-state index in [9.17, 15) is 14.9 Å². The summed E-state index contributed by atoms with van der Waals surface area (Å²) in [7, 11) is 0. The van der Waals surface area contributed by atoms with Crippen molar-refractivity contribution < 1.29 is 19.2 Å². The standard InChI is InChI=1S/C16H13Cl2NO5/c1-16(2,24-12-6-3-10(17)4-7-12)15(20)23-14-8-5-11(19(21)22)9-13(14)18/h3-9H,1-2H3. The molecule has 8 heteroatoms. The van der Waals surface area contributed by atoms with E-state index in [0.717, 1.165) is 6.07 Å². The lowest BCUT2D eigenvalue weighted by Gasteiger charge is -2.24. The Kier molecular flexibility index (Phi) is 5.31. The average Bonchev–Trinajstić information content (AvgIpc) is 2.51. The molecular weight excluding hydrogens is 357 g/mol. The van der Waals surface area contributed by atoms with Gasteiger partial charge < -0.3 is 9.47 Å². The molecule has 0 fully saturated rings. The van der Waals surface area contributed by atoms with Gasteiger partial charge in [0.1, 0.15) is 11.5 Å². The molecule has 0 N–H and O–H groups in total. The molecule has 0 aliphatic carbocycles. The van der Waals surface area contributed by atoms with Gasteiger partial charge in [0.15, 0.2) is 0 Å². The van der Waals surface area contributed by atoms with Gasteiger partial charge in [-0.15, -0.1) is 0 Å². The van der Waals surface area contributed by atoms with E-state index in [1.165, 1.54) is 26.0 Å². The summed E-state index contributed by atoms with van der Waals surface area (Å²) in [6.45, 7) is 3.06. The van der Waals surface area contributed by atoms with Crippen LogP contribution in [0.25, 0.3) is 0 Å². The number of nitro groups is 1. The van der Waals surface area contributed by atoms with Crippen molar-refractivity contribution in [3.63, 3.8) is 0 Å². The van der Waals surface area contributed by atoms with Gasteiger partial charge in [-0.25, -0.2) is 4.79 Å². The number of rotatable bonds is 5. The van der Waals surface area contributed by atoms with Crippen LogP contribution in [0.15, 0.2) is 42.5 Å². The molecule has 0 saturated heterocycles. The summed E-state index contributed by atoms with van der Waals surface area (Å²) in [6, 6.07) is 10.1. The minimum atomic E-state index is -1.31. The lowest BCUT2D eigenvalue weighted by Crippen LogP contribution is -2.41. The minimum Gasteiger partial charge on any atom is -0.476 e. The molecule has 0 aliphatic rings. The van der Waals surface area contributed by atoms with Crippen LogP contribution >= 0.6 is 23.2 Å². The molecule has 0 saturated carbocycles. The maximum absolute atomic E-state index is 12.3. The van der Waals surface area contributed by atoms with Crippen molar-refractivity contribution in [2.75, 3.05) is 0 Å². The SMILES string of the molecule is CC(C)(Oc1ccc(Cl)cc1)C(=O)Oc1ccc([N+](=O)[O-])cc1Cl. The van der Waals surface area contributed by atoms with E-state index in [4.69, 9.17) is 32.7 Å². The molecular formula is C16H13Cl2NO5. The highest BCUT2D eigenvalue weighted by Crippen LogP contribution is 2.30. The van der Waals surface area contributed by atoms with Crippen LogP contribution in [-0.2, 0) is 4.79 Å². The van der Waals surface area contributed by atoms with Crippen molar-refractivity contribution in [2.24, 2.45) is 0 Å². The van der Waals surface area contributed by atoms with Crippen molar-refractivity contribution in [1.82, 2.24) is 0 Å². The smallest absolute Gasteiger partial charge is 0.355 e. The highest BCUT2D eigenvalue weighted by Gasteiger charge is 2.33. The summed E-state index contributed by atoms with van der Waals surface area (Å²) in [5, 5.41) is 11.2. The zero-order chi connectivity index (χ0) is 17.9. The number of nitrogens with zero attached hydrogens (tertiary/aromatic N) is 1. The van der Waals surface area contributed by atoms with Gasteiger partial charge in [-0.1, -0.05) is 23.2 Å². The summed E-state index contributed by atoms with van der Waals surface area (Å²) in [5.74, 6) is -0.246. The number of halogens is 2. The third-order valence-electron chi connectivity index (χ3n) is 3.01. The Morgan fingerprint density at radius 3 is 2.29 bits per heavy atom. The molecule has 0 unspecified atom stereocenters. The highest BCUT2D eigenvalue weighted by molar-refractivity contribution is 6.32. The second kappa shape index (κ2) is 7.07. The molecule has 2 aromatic rings. The molecule has 0 radical (unpaired) electrons. The van der Waals surface area contributed by atoms with Gasteiger partial charge in [-0.3, -0.25) is 10.1 Å². The lowest BCUT2D eigenvalue weighted by atomic mass is 10.1.